The van der Waals surface area contributed by atoms with Crippen LogP contribution in [0.1, 0.15) is 11.3 Å². The number of hydrogen-bond donors (Lipinski definition) is 2. The number of aryl methyl sites for hydroxylation is 2. The molecule has 0 unspecified atom stereocenters. The molecule has 0 fully saturated rings. The van der Waals surface area contributed by atoms with Gasteiger partial charge in [-0.05, 0) is 62.4 Å². The van der Waals surface area contributed by atoms with Gasteiger partial charge < -0.3 is 10.4 Å². The van der Waals surface area contributed by atoms with E-state index in [2.05, 4.69) is 53.9 Å². The number of nitrogens with zero attached hydrogens (tertiary/aromatic N) is 2. The molecule has 25 heavy (non-hydrogen) atoms. The highest BCUT2D eigenvalue weighted by molar-refractivity contribution is 5.80. The molecule has 0 radical (unpaired) electrons. The van der Waals surface area contributed by atoms with E-state index in [1.807, 2.05) is 24.3 Å². The number of benzene rings is 2. The van der Waals surface area contributed by atoms with Crippen molar-refractivity contribution in [2.75, 3.05) is 5.32 Å². The molecule has 0 spiro atoms. The lowest BCUT2D eigenvalue weighted by atomic mass is 10.1. The van der Waals surface area contributed by atoms with Crippen LogP contribution >= 0.6 is 0 Å². The minimum Gasteiger partial charge on any atom is -0.508 e. The fourth-order valence-corrected chi connectivity index (χ4v) is 2.96. The van der Waals surface area contributed by atoms with Crippen molar-refractivity contribution in [1.82, 2.24) is 9.38 Å². The lowest BCUT2D eigenvalue weighted by Crippen LogP contribution is -1.99. The molecule has 0 saturated carbocycles. The predicted octanol–water partition coefficient (Wildman–Crippen LogP) is 5.07. The van der Waals surface area contributed by atoms with Crippen molar-refractivity contribution in [1.29, 1.82) is 0 Å². The summed E-state index contributed by atoms with van der Waals surface area (Å²) in [5.41, 5.74) is 6.03. The van der Waals surface area contributed by atoms with Gasteiger partial charge in [0.2, 0.25) is 0 Å². The molecule has 0 aliphatic rings. The summed E-state index contributed by atoms with van der Waals surface area (Å²) in [6, 6.07) is 21.5. The molecular formula is C21H19N3O. The summed E-state index contributed by atoms with van der Waals surface area (Å²) in [5.74, 6) is 1.17. The Labute approximate surface area is 146 Å². The van der Waals surface area contributed by atoms with Crippen LogP contribution in [0.2, 0.25) is 0 Å². The number of hydrogen-bond acceptors (Lipinski definition) is 3. The summed E-state index contributed by atoms with van der Waals surface area (Å²) in [4.78, 5) is 4.81. The third-order valence-electron chi connectivity index (χ3n) is 4.29. The number of fused-ring (bicyclic) bond motifs is 1. The van der Waals surface area contributed by atoms with Gasteiger partial charge in [0.1, 0.15) is 22.9 Å². The van der Waals surface area contributed by atoms with Crippen LogP contribution in [0.25, 0.3) is 16.9 Å². The average molecular weight is 329 g/mol. The second kappa shape index (κ2) is 5.98. The summed E-state index contributed by atoms with van der Waals surface area (Å²) >= 11 is 0. The van der Waals surface area contributed by atoms with Gasteiger partial charge in [-0.25, -0.2) is 4.98 Å². The molecule has 4 heteroatoms. The lowest BCUT2D eigenvalue weighted by molar-refractivity contribution is 0.475. The number of pyridine rings is 1. The number of aromatic hydroxyl groups is 1. The van der Waals surface area contributed by atoms with Crippen LogP contribution in [-0.4, -0.2) is 14.5 Å². The molecule has 0 aliphatic heterocycles. The first kappa shape index (κ1) is 15.3. The lowest BCUT2D eigenvalue weighted by Gasteiger charge is -2.11. The molecule has 2 aromatic carbocycles. The summed E-state index contributed by atoms with van der Waals surface area (Å²) in [6.07, 6.45) is 0. The Morgan fingerprint density at radius 1 is 0.880 bits per heavy atom. The minimum atomic E-state index is 0.247. The highest BCUT2D eigenvalue weighted by Crippen LogP contribution is 2.32. The topological polar surface area (TPSA) is 49.6 Å². The summed E-state index contributed by atoms with van der Waals surface area (Å²) in [6.45, 7) is 4.14. The maximum Gasteiger partial charge on any atom is 0.143 e. The van der Waals surface area contributed by atoms with Crippen molar-refractivity contribution in [2.45, 2.75) is 13.8 Å². The first-order valence-corrected chi connectivity index (χ1v) is 8.23. The van der Waals surface area contributed by atoms with Crippen LogP contribution in [0.3, 0.4) is 0 Å². The Hall–Kier alpha value is -3.27. The fourth-order valence-electron chi connectivity index (χ4n) is 2.96. The van der Waals surface area contributed by atoms with Gasteiger partial charge in [-0.1, -0.05) is 23.8 Å². The standard InChI is InChI=1S/C21H19N3O/c1-14-6-10-17(11-7-14)22-21-20(16-8-12-18(25)13-9-16)23-19-5-3-4-15(2)24(19)21/h3-13,22,25H,1-2H3. The van der Waals surface area contributed by atoms with Crippen LogP contribution in [0, 0.1) is 13.8 Å². The van der Waals surface area contributed by atoms with Gasteiger partial charge in [-0.3, -0.25) is 4.40 Å². The van der Waals surface area contributed by atoms with E-state index in [1.54, 1.807) is 12.1 Å². The van der Waals surface area contributed by atoms with Crippen LogP contribution in [0.15, 0.2) is 66.7 Å². The molecule has 2 aromatic heterocycles. The summed E-state index contributed by atoms with van der Waals surface area (Å²) in [7, 11) is 0. The zero-order valence-corrected chi connectivity index (χ0v) is 14.2. The SMILES string of the molecule is Cc1ccc(Nc2c(-c3ccc(O)cc3)nc3cccc(C)n23)cc1. The van der Waals surface area contributed by atoms with Crippen molar-refractivity contribution < 1.29 is 5.11 Å². The molecule has 0 atom stereocenters. The molecule has 2 N–H and O–H groups in total. The van der Waals surface area contributed by atoms with Gasteiger partial charge in [0, 0.05) is 16.9 Å². The molecule has 4 aromatic rings. The molecule has 0 amide bonds. The van der Waals surface area contributed by atoms with E-state index in [0.717, 1.165) is 34.1 Å². The van der Waals surface area contributed by atoms with E-state index in [9.17, 15) is 5.11 Å². The molecule has 0 saturated heterocycles. The number of imidazole rings is 1. The first-order chi connectivity index (χ1) is 12.1. The maximum absolute atomic E-state index is 9.58. The van der Waals surface area contributed by atoms with Gasteiger partial charge in [0.25, 0.3) is 0 Å². The van der Waals surface area contributed by atoms with E-state index in [1.165, 1.54) is 5.56 Å². The Balaban J connectivity index is 1.91. The highest BCUT2D eigenvalue weighted by Gasteiger charge is 2.15. The molecule has 2 heterocycles. The van der Waals surface area contributed by atoms with Gasteiger partial charge in [-0.2, -0.15) is 0 Å². The van der Waals surface area contributed by atoms with E-state index in [0.29, 0.717) is 0 Å². The minimum absolute atomic E-state index is 0.247. The number of anilines is 2. The number of rotatable bonds is 3. The molecule has 124 valence electrons. The third-order valence-corrected chi connectivity index (χ3v) is 4.29. The van der Waals surface area contributed by atoms with Crippen LogP contribution < -0.4 is 5.32 Å². The van der Waals surface area contributed by atoms with E-state index in [4.69, 9.17) is 4.98 Å². The fraction of sp³-hybridized carbons (Fsp3) is 0.0952. The second-order valence-corrected chi connectivity index (χ2v) is 6.21. The van der Waals surface area contributed by atoms with Crippen molar-refractivity contribution in [3.05, 3.63) is 78.0 Å². The third kappa shape index (κ3) is 2.83. The van der Waals surface area contributed by atoms with Crippen LogP contribution in [0.5, 0.6) is 5.75 Å². The summed E-state index contributed by atoms with van der Waals surface area (Å²) in [5, 5.41) is 13.1. The van der Waals surface area contributed by atoms with Gasteiger partial charge in [0.15, 0.2) is 0 Å². The second-order valence-electron chi connectivity index (χ2n) is 6.21. The monoisotopic (exact) mass is 329 g/mol. The first-order valence-electron chi connectivity index (χ1n) is 8.23. The predicted molar refractivity (Wildman–Crippen MR) is 101 cm³/mol. The molecule has 0 bridgehead atoms. The quantitative estimate of drug-likeness (QED) is 0.552. The van der Waals surface area contributed by atoms with Crippen molar-refractivity contribution >= 4 is 17.2 Å². The zero-order chi connectivity index (χ0) is 17.4. The van der Waals surface area contributed by atoms with Crippen LogP contribution in [0.4, 0.5) is 11.5 Å². The Bertz CT molecular complexity index is 1030. The largest absolute Gasteiger partial charge is 0.508 e. The van der Waals surface area contributed by atoms with Gasteiger partial charge in [-0.15, -0.1) is 0 Å². The molecular weight excluding hydrogens is 310 g/mol. The Morgan fingerprint density at radius 3 is 2.32 bits per heavy atom. The molecule has 0 aliphatic carbocycles. The Kier molecular flexibility index (Phi) is 3.65. The van der Waals surface area contributed by atoms with Crippen molar-refractivity contribution in [3.63, 3.8) is 0 Å². The smallest absolute Gasteiger partial charge is 0.143 e. The maximum atomic E-state index is 9.58. The van der Waals surface area contributed by atoms with Gasteiger partial charge >= 0.3 is 0 Å². The van der Waals surface area contributed by atoms with E-state index < -0.39 is 0 Å². The normalized spacial score (nSPS) is 11.0. The van der Waals surface area contributed by atoms with Crippen LogP contribution in [-0.2, 0) is 0 Å². The van der Waals surface area contributed by atoms with Crippen molar-refractivity contribution in [2.24, 2.45) is 0 Å². The summed E-state index contributed by atoms with van der Waals surface area (Å²) < 4.78 is 2.11. The molecule has 4 rings (SSSR count). The number of phenols is 1. The Morgan fingerprint density at radius 2 is 1.60 bits per heavy atom. The van der Waals surface area contributed by atoms with Gasteiger partial charge in [0.05, 0.1) is 0 Å². The van der Waals surface area contributed by atoms with E-state index >= 15 is 0 Å². The zero-order valence-electron chi connectivity index (χ0n) is 14.2. The highest BCUT2D eigenvalue weighted by atomic mass is 16.3. The van der Waals surface area contributed by atoms with Crippen molar-refractivity contribution in [3.8, 4) is 17.0 Å². The number of nitrogens with one attached hydrogen (secondary N) is 1. The van der Waals surface area contributed by atoms with E-state index in [-0.39, 0.29) is 5.75 Å². The number of phenolic OH excluding ortho intramolecular Hbond substituents is 1. The number of aromatic nitrogens is 2. The molecule has 4 nitrogen and oxygen atoms in total. The average Bonchev–Trinajstić information content (AvgIpc) is 2.97.